The number of rotatable bonds is 6. The Hall–Kier alpha value is -2.10. The van der Waals surface area contributed by atoms with E-state index in [1.807, 2.05) is 0 Å². The zero-order valence-corrected chi connectivity index (χ0v) is 15.1. The molecule has 1 N–H and O–H groups in total. The molecule has 130 valence electrons. The molecule has 2 aromatic rings. The molecule has 0 bridgehead atoms. The van der Waals surface area contributed by atoms with Gasteiger partial charge in [-0.25, -0.2) is 21.1 Å². The lowest BCUT2D eigenvalue weighted by Gasteiger charge is -2.13. The first-order valence-electron chi connectivity index (χ1n) is 6.86. The summed E-state index contributed by atoms with van der Waals surface area (Å²) in [5, 5.41) is 0. The van der Waals surface area contributed by atoms with Gasteiger partial charge >= 0.3 is 0 Å². The minimum absolute atomic E-state index is 0.00225. The molecule has 0 amide bonds. The van der Waals surface area contributed by atoms with Crippen LogP contribution in [0.3, 0.4) is 0 Å². The van der Waals surface area contributed by atoms with Crippen molar-refractivity contribution in [3.05, 3.63) is 48.5 Å². The molecule has 0 radical (unpaired) electrons. The lowest BCUT2D eigenvalue weighted by Crippen LogP contribution is -2.22. The first kappa shape index (κ1) is 18.2. The number of benzene rings is 2. The summed E-state index contributed by atoms with van der Waals surface area (Å²) in [6.07, 6.45) is 0. The quantitative estimate of drug-likeness (QED) is 0.836. The summed E-state index contributed by atoms with van der Waals surface area (Å²) in [7, 11) is -3.18. The SMILES string of the molecule is COc1ccc(S(=O)(=O)Nc2cccc(S(=O)(=O)N(C)C)c2)cc1. The standard InChI is InChI=1S/C15H18N2O5S2/c1-17(2)24(20,21)15-6-4-5-12(11-15)16-23(18,19)14-9-7-13(22-3)8-10-14/h4-11,16H,1-3H3. The van der Waals surface area contributed by atoms with Gasteiger partial charge in [0, 0.05) is 14.1 Å². The lowest BCUT2D eigenvalue weighted by molar-refractivity contribution is 0.414. The van der Waals surface area contributed by atoms with Gasteiger partial charge in [0.25, 0.3) is 10.0 Å². The van der Waals surface area contributed by atoms with Crippen molar-refractivity contribution in [3.63, 3.8) is 0 Å². The molecule has 0 saturated carbocycles. The molecule has 0 heterocycles. The molecular formula is C15H18N2O5S2. The zero-order valence-electron chi connectivity index (χ0n) is 13.4. The number of sulfonamides is 2. The van der Waals surface area contributed by atoms with Gasteiger partial charge in [0.2, 0.25) is 10.0 Å². The third-order valence-electron chi connectivity index (χ3n) is 3.23. The van der Waals surface area contributed by atoms with Gasteiger partial charge in [0.05, 0.1) is 22.6 Å². The van der Waals surface area contributed by atoms with E-state index in [-0.39, 0.29) is 15.5 Å². The summed E-state index contributed by atoms with van der Waals surface area (Å²) >= 11 is 0. The Morgan fingerprint density at radius 2 is 1.54 bits per heavy atom. The molecule has 9 heteroatoms. The molecule has 2 rings (SSSR count). The summed E-state index contributed by atoms with van der Waals surface area (Å²) in [6, 6.07) is 11.5. The average molecular weight is 370 g/mol. The van der Waals surface area contributed by atoms with Crippen LogP contribution < -0.4 is 9.46 Å². The van der Waals surface area contributed by atoms with Crippen LogP contribution in [0.1, 0.15) is 0 Å². The second kappa shape index (κ2) is 6.80. The van der Waals surface area contributed by atoms with Crippen molar-refractivity contribution in [3.8, 4) is 5.75 Å². The van der Waals surface area contributed by atoms with Crippen LogP contribution >= 0.6 is 0 Å². The smallest absolute Gasteiger partial charge is 0.261 e. The van der Waals surface area contributed by atoms with Gasteiger partial charge in [-0.1, -0.05) is 6.07 Å². The van der Waals surface area contributed by atoms with E-state index in [1.165, 1.54) is 69.7 Å². The van der Waals surface area contributed by atoms with Crippen LogP contribution in [0, 0.1) is 0 Å². The van der Waals surface area contributed by atoms with E-state index >= 15 is 0 Å². The topological polar surface area (TPSA) is 92.8 Å². The zero-order chi connectivity index (χ0) is 18.0. The van der Waals surface area contributed by atoms with Crippen LogP contribution in [0.4, 0.5) is 5.69 Å². The molecular weight excluding hydrogens is 352 g/mol. The van der Waals surface area contributed by atoms with E-state index in [9.17, 15) is 16.8 Å². The van der Waals surface area contributed by atoms with E-state index in [4.69, 9.17) is 4.74 Å². The van der Waals surface area contributed by atoms with Crippen molar-refractivity contribution in [2.24, 2.45) is 0 Å². The van der Waals surface area contributed by atoms with Gasteiger partial charge in [-0.3, -0.25) is 4.72 Å². The van der Waals surface area contributed by atoms with Crippen LogP contribution in [0.2, 0.25) is 0 Å². The molecule has 0 aliphatic rings. The minimum Gasteiger partial charge on any atom is -0.497 e. The summed E-state index contributed by atoms with van der Waals surface area (Å²) < 4.78 is 57.4. The van der Waals surface area contributed by atoms with Crippen LogP contribution in [0.5, 0.6) is 5.75 Å². The molecule has 0 aromatic heterocycles. The maximum absolute atomic E-state index is 12.4. The van der Waals surface area contributed by atoms with Crippen molar-refractivity contribution in [2.45, 2.75) is 9.79 Å². The Labute approximate surface area is 142 Å². The Morgan fingerprint density at radius 1 is 0.917 bits per heavy atom. The Morgan fingerprint density at radius 3 is 2.08 bits per heavy atom. The van der Waals surface area contributed by atoms with E-state index in [1.54, 1.807) is 0 Å². The van der Waals surface area contributed by atoms with Crippen molar-refractivity contribution in [1.29, 1.82) is 0 Å². The third kappa shape index (κ3) is 3.86. The molecule has 0 unspecified atom stereocenters. The van der Waals surface area contributed by atoms with Gasteiger partial charge in [-0.05, 0) is 42.5 Å². The van der Waals surface area contributed by atoms with Crippen LogP contribution in [-0.4, -0.2) is 42.3 Å². The molecule has 24 heavy (non-hydrogen) atoms. The van der Waals surface area contributed by atoms with Crippen LogP contribution in [-0.2, 0) is 20.0 Å². The fraction of sp³-hybridized carbons (Fsp3) is 0.200. The third-order valence-corrected chi connectivity index (χ3v) is 6.44. The molecule has 0 aliphatic carbocycles. The van der Waals surface area contributed by atoms with Crippen molar-refractivity contribution in [1.82, 2.24) is 4.31 Å². The Kier molecular flexibility index (Phi) is 5.16. The van der Waals surface area contributed by atoms with Gasteiger partial charge in [0.15, 0.2) is 0 Å². The average Bonchev–Trinajstić information content (AvgIpc) is 2.54. The summed E-state index contributed by atoms with van der Waals surface area (Å²) in [4.78, 5) is 0.0478. The monoisotopic (exact) mass is 370 g/mol. The molecule has 2 aromatic carbocycles. The number of hydrogen-bond acceptors (Lipinski definition) is 5. The summed E-state index contributed by atoms with van der Waals surface area (Å²) in [5.41, 5.74) is 0.161. The second-order valence-corrected chi connectivity index (χ2v) is 8.93. The molecule has 0 aliphatic heterocycles. The number of nitrogens with one attached hydrogen (secondary N) is 1. The first-order chi connectivity index (χ1) is 11.2. The van der Waals surface area contributed by atoms with E-state index in [2.05, 4.69) is 4.72 Å². The molecule has 7 nitrogen and oxygen atoms in total. The predicted molar refractivity (Wildman–Crippen MR) is 91.1 cm³/mol. The summed E-state index contributed by atoms with van der Waals surface area (Å²) in [5.74, 6) is 0.535. The largest absolute Gasteiger partial charge is 0.497 e. The van der Waals surface area contributed by atoms with Gasteiger partial charge in [0.1, 0.15) is 5.75 Å². The highest BCUT2D eigenvalue weighted by Gasteiger charge is 2.19. The minimum atomic E-state index is -3.83. The van der Waals surface area contributed by atoms with Crippen LogP contribution in [0.25, 0.3) is 0 Å². The van der Waals surface area contributed by atoms with Gasteiger partial charge in [-0.2, -0.15) is 0 Å². The first-order valence-corrected chi connectivity index (χ1v) is 9.78. The van der Waals surface area contributed by atoms with Gasteiger partial charge < -0.3 is 4.74 Å². The maximum atomic E-state index is 12.4. The van der Waals surface area contributed by atoms with E-state index in [0.29, 0.717) is 5.75 Å². The molecule has 0 spiro atoms. The van der Waals surface area contributed by atoms with E-state index < -0.39 is 20.0 Å². The second-order valence-electron chi connectivity index (χ2n) is 5.10. The number of ether oxygens (including phenoxy) is 1. The Bertz CT molecular complexity index is 921. The maximum Gasteiger partial charge on any atom is 0.261 e. The molecule has 0 atom stereocenters. The Balaban J connectivity index is 2.33. The number of nitrogens with zero attached hydrogens (tertiary/aromatic N) is 1. The van der Waals surface area contributed by atoms with Crippen LogP contribution in [0.15, 0.2) is 58.3 Å². The highest BCUT2D eigenvalue weighted by atomic mass is 32.2. The van der Waals surface area contributed by atoms with E-state index in [0.717, 1.165) is 4.31 Å². The highest BCUT2D eigenvalue weighted by molar-refractivity contribution is 7.92. The normalized spacial score (nSPS) is 12.2. The fourth-order valence-electron chi connectivity index (χ4n) is 1.90. The summed E-state index contributed by atoms with van der Waals surface area (Å²) in [6.45, 7) is 0. The highest BCUT2D eigenvalue weighted by Crippen LogP contribution is 2.22. The molecule has 0 saturated heterocycles. The number of anilines is 1. The van der Waals surface area contributed by atoms with Crippen molar-refractivity contribution in [2.75, 3.05) is 25.9 Å². The predicted octanol–water partition coefficient (Wildman–Crippen LogP) is 1.75. The number of methoxy groups -OCH3 is 1. The van der Waals surface area contributed by atoms with Crippen molar-refractivity contribution < 1.29 is 21.6 Å². The van der Waals surface area contributed by atoms with Gasteiger partial charge in [-0.15, -0.1) is 0 Å². The lowest BCUT2D eigenvalue weighted by atomic mass is 10.3. The molecule has 0 fully saturated rings. The fourth-order valence-corrected chi connectivity index (χ4v) is 3.90. The number of hydrogen-bond donors (Lipinski definition) is 1. The van der Waals surface area contributed by atoms with Crippen molar-refractivity contribution >= 4 is 25.7 Å².